The monoisotopic (exact) mass is 330 g/mol. The fourth-order valence-electron chi connectivity index (χ4n) is 2.35. The summed E-state index contributed by atoms with van der Waals surface area (Å²) >= 11 is 0. The molecule has 0 heterocycles. The van der Waals surface area contributed by atoms with Crippen LogP contribution in [0.1, 0.15) is 18.5 Å². The third-order valence-electron chi connectivity index (χ3n) is 3.60. The number of ether oxygens (including phenoxy) is 1. The van der Waals surface area contributed by atoms with Crippen molar-refractivity contribution in [2.75, 3.05) is 12.4 Å². The molecule has 0 spiro atoms. The maximum Gasteiger partial charge on any atom is 0.319 e. The second-order valence-electron chi connectivity index (χ2n) is 5.31. The zero-order valence-electron chi connectivity index (χ0n) is 13.5. The third-order valence-corrected chi connectivity index (χ3v) is 3.60. The highest BCUT2D eigenvalue weighted by atomic mass is 19.1. The van der Waals surface area contributed by atoms with Crippen molar-refractivity contribution in [2.45, 2.75) is 13.0 Å². The Bertz CT molecular complexity index is 706. The molecule has 0 bridgehead atoms. The summed E-state index contributed by atoms with van der Waals surface area (Å²) in [4.78, 5) is 24.1. The van der Waals surface area contributed by atoms with E-state index in [-0.39, 0.29) is 0 Å². The summed E-state index contributed by atoms with van der Waals surface area (Å²) < 4.78 is 18.0. The van der Waals surface area contributed by atoms with E-state index >= 15 is 0 Å². The van der Waals surface area contributed by atoms with Crippen molar-refractivity contribution in [1.29, 1.82) is 0 Å². The fraction of sp³-hybridized carbons (Fsp3) is 0.222. The van der Waals surface area contributed by atoms with Crippen LogP contribution in [0, 0.1) is 11.7 Å². The van der Waals surface area contributed by atoms with Gasteiger partial charge in [-0.3, -0.25) is 4.79 Å². The van der Waals surface area contributed by atoms with Crippen molar-refractivity contribution >= 4 is 17.7 Å². The first-order chi connectivity index (χ1) is 11.5. The lowest BCUT2D eigenvalue weighted by Gasteiger charge is -2.24. The Kier molecular flexibility index (Phi) is 5.89. The van der Waals surface area contributed by atoms with Gasteiger partial charge in [-0.2, -0.15) is 0 Å². The number of methoxy groups -OCH3 is 1. The molecule has 2 N–H and O–H groups in total. The molecule has 0 fully saturated rings. The van der Waals surface area contributed by atoms with Crippen LogP contribution in [-0.4, -0.2) is 19.1 Å². The molecule has 0 aromatic heterocycles. The van der Waals surface area contributed by atoms with Gasteiger partial charge in [-0.05, 0) is 30.7 Å². The van der Waals surface area contributed by atoms with E-state index in [1.165, 1.54) is 25.3 Å². The van der Waals surface area contributed by atoms with Gasteiger partial charge in [-0.1, -0.05) is 36.4 Å². The quantitative estimate of drug-likeness (QED) is 0.825. The highest BCUT2D eigenvalue weighted by molar-refractivity contribution is 5.90. The molecule has 5 nitrogen and oxygen atoms in total. The number of rotatable bonds is 5. The standard InChI is InChI=1S/C18H19FN2O3/c1-12(17(22)24-2)16(13-7-4-3-5-8-13)21-18(23)20-15-10-6-9-14(19)11-15/h3-12,16H,1-2H3,(H2,20,21,23)/t12-,16-/m0/s1. The topological polar surface area (TPSA) is 67.4 Å². The van der Waals surface area contributed by atoms with Crippen LogP contribution in [0.2, 0.25) is 0 Å². The molecule has 0 unspecified atom stereocenters. The van der Waals surface area contributed by atoms with Crippen LogP contribution in [0.25, 0.3) is 0 Å². The molecule has 126 valence electrons. The molecule has 0 aliphatic heterocycles. The lowest BCUT2D eigenvalue weighted by atomic mass is 9.94. The van der Waals surface area contributed by atoms with Gasteiger partial charge in [0.15, 0.2) is 0 Å². The molecular formula is C18H19FN2O3. The van der Waals surface area contributed by atoms with Crippen molar-refractivity contribution < 1.29 is 18.7 Å². The van der Waals surface area contributed by atoms with Crippen LogP contribution < -0.4 is 10.6 Å². The van der Waals surface area contributed by atoms with E-state index in [0.29, 0.717) is 5.69 Å². The first kappa shape index (κ1) is 17.5. The molecule has 24 heavy (non-hydrogen) atoms. The maximum atomic E-state index is 13.2. The van der Waals surface area contributed by atoms with Crippen molar-refractivity contribution in [2.24, 2.45) is 5.92 Å². The molecule has 0 aliphatic carbocycles. The predicted molar refractivity (Wildman–Crippen MR) is 88.9 cm³/mol. The summed E-state index contributed by atoms with van der Waals surface area (Å²) in [5, 5.41) is 5.30. The van der Waals surface area contributed by atoms with Crippen LogP contribution in [0.15, 0.2) is 54.6 Å². The summed E-state index contributed by atoms with van der Waals surface area (Å²) in [6.07, 6.45) is 0. The van der Waals surface area contributed by atoms with Crippen LogP contribution in [-0.2, 0) is 9.53 Å². The highest BCUT2D eigenvalue weighted by Gasteiger charge is 2.27. The number of halogens is 1. The molecule has 0 saturated carbocycles. The van der Waals surface area contributed by atoms with Gasteiger partial charge in [0, 0.05) is 5.69 Å². The Hall–Kier alpha value is -2.89. The number of esters is 1. The number of carbonyl (C=O) groups is 2. The average molecular weight is 330 g/mol. The molecule has 2 rings (SSSR count). The summed E-state index contributed by atoms with van der Waals surface area (Å²) in [6, 6.07) is 13.6. The molecule has 0 saturated heterocycles. The SMILES string of the molecule is COC(=O)[C@@H](C)[C@H](NC(=O)Nc1cccc(F)c1)c1ccccc1. The van der Waals surface area contributed by atoms with Gasteiger partial charge in [-0.15, -0.1) is 0 Å². The highest BCUT2D eigenvalue weighted by Crippen LogP contribution is 2.23. The minimum absolute atomic E-state index is 0.324. The second-order valence-corrected chi connectivity index (χ2v) is 5.31. The molecule has 2 aromatic carbocycles. The van der Waals surface area contributed by atoms with Gasteiger partial charge < -0.3 is 15.4 Å². The number of hydrogen-bond donors (Lipinski definition) is 2. The Morgan fingerprint density at radius 3 is 2.42 bits per heavy atom. The van der Waals surface area contributed by atoms with Crippen molar-refractivity contribution in [3.8, 4) is 0 Å². The fourth-order valence-corrected chi connectivity index (χ4v) is 2.35. The zero-order valence-corrected chi connectivity index (χ0v) is 13.5. The molecule has 0 aliphatic rings. The predicted octanol–water partition coefficient (Wildman–Crippen LogP) is 3.50. The molecular weight excluding hydrogens is 311 g/mol. The Labute approximate surface area is 139 Å². The summed E-state index contributed by atoms with van der Waals surface area (Å²) in [5.74, 6) is -1.47. The van der Waals surface area contributed by atoms with Crippen molar-refractivity contribution in [3.05, 3.63) is 66.0 Å². The van der Waals surface area contributed by atoms with E-state index in [0.717, 1.165) is 5.56 Å². The minimum Gasteiger partial charge on any atom is -0.469 e. The number of amides is 2. The lowest BCUT2D eigenvalue weighted by molar-refractivity contribution is -0.145. The van der Waals surface area contributed by atoms with E-state index in [4.69, 9.17) is 4.74 Å². The van der Waals surface area contributed by atoms with E-state index in [2.05, 4.69) is 10.6 Å². The first-order valence-corrected chi connectivity index (χ1v) is 7.47. The van der Waals surface area contributed by atoms with Crippen molar-refractivity contribution in [3.63, 3.8) is 0 Å². The number of urea groups is 1. The molecule has 0 radical (unpaired) electrons. The zero-order chi connectivity index (χ0) is 17.5. The normalized spacial score (nSPS) is 12.8. The van der Waals surface area contributed by atoms with E-state index in [1.54, 1.807) is 13.0 Å². The minimum atomic E-state index is -0.587. The van der Waals surface area contributed by atoms with Crippen molar-refractivity contribution in [1.82, 2.24) is 5.32 Å². The van der Waals surface area contributed by atoms with Gasteiger partial charge in [0.25, 0.3) is 0 Å². The Morgan fingerprint density at radius 2 is 1.79 bits per heavy atom. The van der Waals surface area contributed by atoms with Gasteiger partial charge in [0.2, 0.25) is 0 Å². The molecule has 2 amide bonds. The lowest BCUT2D eigenvalue weighted by Crippen LogP contribution is -2.38. The molecule has 2 aromatic rings. The smallest absolute Gasteiger partial charge is 0.319 e. The van der Waals surface area contributed by atoms with E-state index in [9.17, 15) is 14.0 Å². The van der Waals surface area contributed by atoms with Crippen LogP contribution in [0.4, 0.5) is 14.9 Å². The van der Waals surface area contributed by atoms with Gasteiger partial charge in [-0.25, -0.2) is 9.18 Å². The summed E-state index contributed by atoms with van der Waals surface area (Å²) in [6.45, 7) is 1.67. The van der Waals surface area contributed by atoms with E-state index in [1.807, 2.05) is 30.3 Å². The number of anilines is 1. The van der Waals surface area contributed by atoms with Gasteiger partial charge in [0.05, 0.1) is 19.1 Å². The van der Waals surface area contributed by atoms with Crippen LogP contribution in [0.5, 0.6) is 0 Å². The number of carbonyl (C=O) groups excluding carboxylic acids is 2. The maximum absolute atomic E-state index is 13.2. The largest absolute Gasteiger partial charge is 0.469 e. The van der Waals surface area contributed by atoms with Crippen LogP contribution >= 0.6 is 0 Å². The first-order valence-electron chi connectivity index (χ1n) is 7.47. The molecule has 2 atom stereocenters. The van der Waals surface area contributed by atoms with Crippen LogP contribution in [0.3, 0.4) is 0 Å². The molecule has 6 heteroatoms. The average Bonchev–Trinajstić information content (AvgIpc) is 2.59. The summed E-state index contributed by atoms with van der Waals surface area (Å²) in [7, 11) is 1.30. The van der Waals surface area contributed by atoms with E-state index < -0.39 is 29.8 Å². The Morgan fingerprint density at radius 1 is 1.08 bits per heavy atom. The second kappa shape index (κ2) is 8.10. The number of benzene rings is 2. The summed E-state index contributed by atoms with van der Waals surface area (Å²) in [5.41, 5.74) is 1.09. The number of hydrogen-bond acceptors (Lipinski definition) is 3. The van der Waals surface area contributed by atoms with Gasteiger partial charge in [0.1, 0.15) is 5.82 Å². The van der Waals surface area contributed by atoms with Gasteiger partial charge >= 0.3 is 12.0 Å². The number of nitrogens with one attached hydrogen (secondary N) is 2. The third kappa shape index (κ3) is 4.55. The Balaban J connectivity index is 2.15.